The molecule has 91 heavy (non-hydrogen) atoms. The summed E-state index contributed by atoms with van der Waals surface area (Å²) in [6.45, 7) is 3.64. The smallest absolute Gasteiger partial charge is 0.272 e. The number of nitrogens with one attached hydrogen (secondary N) is 3. The number of aromatic nitrogens is 6. The minimum Gasteiger partial charge on any atom is -0.379 e. The number of rotatable bonds is 16. The standard InChI is InChI=1S/C34H36FN7O4S.C31H28F2N6O4S/c1-21(2)39-32-24(17-36)15-28(16-30(32)35)47(45,46)42-13-12-31(42)34(44)41(27-10-11-29-25(14-27)19-38-40-33(29)43)20-26-9-8-23(18-37-26)22-6-4-3-5-7-22;32-27-14-25(13-21(15-34)29(27)33)44(42,43)39-11-10-28(39)31(41)38(24-8-9-26-22(12-24)17-36-37-30(26)40)18-23-7-6-20(16-35-23)19-4-2-1-3-5-19/h8-11,14-16,18-19,21-22,31,39H,3-7,12-13,20H2,1-2H3,(H,40,43);6-9,12-14,16-17,19,28H,1-5,10-11,18H2,(H,37,40)/t31-;28-/m11/s1. The van der Waals surface area contributed by atoms with Crippen LogP contribution in [0.5, 0.6) is 0 Å². The summed E-state index contributed by atoms with van der Waals surface area (Å²) in [6, 6.07) is 21.7. The van der Waals surface area contributed by atoms with Crippen LogP contribution in [0.1, 0.15) is 136 Å². The number of carbonyl (C=O) groups excluding carboxylic acids is 2. The van der Waals surface area contributed by atoms with Gasteiger partial charge < -0.3 is 15.1 Å². The molecule has 4 aromatic heterocycles. The number of nitriles is 2. The van der Waals surface area contributed by atoms with Crippen LogP contribution < -0.4 is 26.2 Å². The lowest BCUT2D eigenvalue weighted by Gasteiger charge is -2.41. The SMILES string of the molecule is CC(C)Nc1c(F)cc(S(=O)(=O)N2CC[C@@H]2C(=O)N(Cc2ccc(C3CCCCC3)cn2)c2ccc3c(=O)[nH]ncc3c2)cc1C#N.N#Cc1cc(S(=O)(=O)N2CC[C@@H]2C(=O)N(Cc2ccc(C3CCCCC3)cn2)c2ccc3c(=O)[nH]ncc3c2)cc(F)c1F. The molecule has 2 aliphatic heterocycles. The van der Waals surface area contributed by atoms with Crippen LogP contribution in [-0.2, 0) is 42.7 Å². The summed E-state index contributed by atoms with van der Waals surface area (Å²) in [5.41, 5.74) is 2.60. The molecule has 470 valence electrons. The topological polar surface area (TPSA) is 292 Å². The third-order valence-corrected chi connectivity index (χ3v) is 21.2. The molecule has 0 radical (unpaired) electrons. The summed E-state index contributed by atoms with van der Waals surface area (Å²) < 4.78 is 99.7. The van der Waals surface area contributed by atoms with Gasteiger partial charge in [-0.2, -0.15) is 29.3 Å². The van der Waals surface area contributed by atoms with Crippen molar-refractivity contribution in [2.75, 3.05) is 28.2 Å². The minimum absolute atomic E-state index is 0.0139. The van der Waals surface area contributed by atoms with Crippen LogP contribution in [0, 0.1) is 40.1 Å². The van der Waals surface area contributed by atoms with E-state index in [-0.39, 0.29) is 61.9 Å². The number of hydrogen-bond acceptors (Lipinski definition) is 15. The molecule has 8 aromatic rings. The molecule has 2 amide bonds. The summed E-state index contributed by atoms with van der Waals surface area (Å²) in [5.74, 6) is -3.93. The van der Waals surface area contributed by atoms with E-state index in [1.54, 1.807) is 50.2 Å². The molecule has 2 aliphatic carbocycles. The number of aromatic amines is 2. The quantitative estimate of drug-likeness (QED) is 0.0811. The second kappa shape index (κ2) is 26.7. The van der Waals surface area contributed by atoms with E-state index < -0.39 is 82.3 Å². The Bertz CT molecular complexity index is 4550. The van der Waals surface area contributed by atoms with Gasteiger partial charge in [-0.1, -0.05) is 50.7 Å². The normalized spacial score (nSPS) is 17.5. The summed E-state index contributed by atoms with van der Waals surface area (Å²) in [7, 11) is -8.81. The number of fused-ring (bicyclic) bond motifs is 2. The Hall–Kier alpha value is -9.21. The molecule has 4 aromatic carbocycles. The van der Waals surface area contributed by atoms with Crippen LogP contribution in [0.2, 0.25) is 0 Å². The predicted octanol–water partition coefficient (Wildman–Crippen LogP) is 9.71. The van der Waals surface area contributed by atoms with Gasteiger partial charge in [0, 0.05) is 53.7 Å². The van der Waals surface area contributed by atoms with Gasteiger partial charge >= 0.3 is 0 Å². The van der Waals surface area contributed by atoms with Crippen LogP contribution in [0.4, 0.5) is 30.2 Å². The fourth-order valence-corrected chi connectivity index (χ4v) is 15.6. The van der Waals surface area contributed by atoms with Crippen molar-refractivity contribution < 1.29 is 39.6 Å². The van der Waals surface area contributed by atoms with Gasteiger partial charge in [-0.3, -0.25) is 29.1 Å². The molecule has 12 rings (SSSR count). The zero-order valence-corrected chi connectivity index (χ0v) is 51.4. The monoisotopic (exact) mass is 1280 g/mol. The molecule has 0 spiro atoms. The maximum absolute atomic E-state index is 15.1. The van der Waals surface area contributed by atoms with Gasteiger partial charge in [-0.25, -0.2) is 40.2 Å². The van der Waals surface area contributed by atoms with E-state index in [0.717, 1.165) is 63.6 Å². The van der Waals surface area contributed by atoms with Gasteiger partial charge in [0.15, 0.2) is 11.6 Å². The van der Waals surface area contributed by atoms with Crippen molar-refractivity contribution in [3.8, 4) is 12.1 Å². The van der Waals surface area contributed by atoms with E-state index in [1.165, 1.54) is 66.8 Å². The largest absolute Gasteiger partial charge is 0.379 e. The van der Waals surface area contributed by atoms with Gasteiger partial charge in [0.1, 0.15) is 30.0 Å². The summed E-state index contributed by atoms with van der Waals surface area (Å²) in [4.78, 5) is 64.1. The van der Waals surface area contributed by atoms with Crippen LogP contribution in [-0.4, -0.2) is 98.8 Å². The van der Waals surface area contributed by atoms with E-state index in [0.29, 0.717) is 62.2 Å². The Balaban J connectivity index is 0.000000187. The average Bonchev–Trinajstić information content (AvgIpc) is 0.829. The van der Waals surface area contributed by atoms with Crippen molar-refractivity contribution in [2.24, 2.45) is 0 Å². The number of sulfonamides is 2. The number of anilines is 3. The molecule has 6 heterocycles. The minimum atomic E-state index is -4.46. The van der Waals surface area contributed by atoms with E-state index in [2.05, 4.69) is 35.7 Å². The Morgan fingerprint density at radius 1 is 0.593 bits per heavy atom. The molecule has 26 heteroatoms. The Labute approximate surface area is 522 Å². The molecule has 21 nitrogen and oxygen atoms in total. The van der Waals surface area contributed by atoms with E-state index in [4.69, 9.17) is 5.26 Å². The highest BCUT2D eigenvalue weighted by Crippen LogP contribution is 2.38. The fraction of sp³-hybridized carbons (Fsp3) is 0.354. The highest BCUT2D eigenvalue weighted by atomic mass is 32.2. The number of hydrogen-bond donors (Lipinski definition) is 3. The number of carbonyl (C=O) groups is 2. The van der Waals surface area contributed by atoms with Gasteiger partial charge in [0.2, 0.25) is 31.9 Å². The number of benzene rings is 4. The second-order valence-electron chi connectivity index (χ2n) is 23.6. The van der Waals surface area contributed by atoms with Crippen LogP contribution in [0.15, 0.2) is 129 Å². The zero-order chi connectivity index (χ0) is 64.3. The number of amides is 2. The van der Waals surface area contributed by atoms with Crippen molar-refractivity contribution in [3.05, 3.63) is 182 Å². The first-order valence-corrected chi connectivity index (χ1v) is 33.0. The zero-order valence-electron chi connectivity index (χ0n) is 49.8. The lowest BCUT2D eigenvalue weighted by Crippen LogP contribution is -2.59. The van der Waals surface area contributed by atoms with Crippen molar-refractivity contribution >= 4 is 70.5 Å². The molecule has 0 bridgehead atoms. The van der Waals surface area contributed by atoms with Crippen molar-refractivity contribution in [1.29, 1.82) is 10.5 Å². The van der Waals surface area contributed by atoms with Crippen molar-refractivity contribution in [2.45, 2.75) is 144 Å². The second-order valence-corrected chi connectivity index (χ2v) is 27.4. The summed E-state index contributed by atoms with van der Waals surface area (Å²) in [5, 5.41) is 35.9. The van der Waals surface area contributed by atoms with E-state index in [9.17, 15) is 50.1 Å². The highest BCUT2D eigenvalue weighted by Gasteiger charge is 2.47. The lowest BCUT2D eigenvalue weighted by atomic mass is 9.85. The van der Waals surface area contributed by atoms with Crippen LogP contribution in [0.3, 0.4) is 0 Å². The maximum Gasteiger partial charge on any atom is 0.272 e. The summed E-state index contributed by atoms with van der Waals surface area (Å²) >= 11 is 0. The van der Waals surface area contributed by atoms with Gasteiger partial charge in [-0.05, 0) is 148 Å². The maximum atomic E-state index is 15.1. The molecule has 4 aliphatic rings. The third-order valence-electron chi connectivity index (χ3n) is 17.4. The molecule has 4 fully saturated rings. The predicted molar refractivity (Wildman–Crippen MR) is 333 cm³/mol. The van der Waals surface area contributed by atoms with Gasteiger partial charge in [0.05, 0.1) is 74.2 Å². The fourth-order valence-electron chi connectivity index (χ4n) is 12.3. The average molecular weight is 1280 g/mol. The molecule has 3 N–H and O–H groups in total. The number of pyridine rings is 2. The third kappa shape index (κ3) is 13.2. The molecular formula is C65H64F3N13O8S2. The first-order valence-electron chi connectivity index (χ1n) is 30.1. The number of H-pyrrole nitrogens is 2. The highest BCUT2D eigenvalue weighted by molar-refractivity contribution is 7.89. The number of halogens is 3. The van der Waals surface area contributed by atoms with Crippen molar-refractivity contribution in [1.82, 2.24) is 39.0 Å². The first-order chi connectivity index (χ1) is 43.7. The molecule has 2 saturated heterocycles. The Kier molecular flexibility index (Phi) is 18.6. The van der Waals surface area contributed by atoms with E-state index in [1.807, 2.05) is 42.7 Å². The summed E-state index contributed by atoms with van der Waals surface area (Å²) in [6.07, 6.45) is 18.7. The van der Waals surface area contributed by atoms with Crippen LogP contribution >= 0.6 is 0 Å². The Morgan fingerprint density at radius 2 is 1.03 bits per heavy atom. The molecule has 2 saturated carbocycles. The molecular weight excluding hydrogens is 1210 g/mol. The van der Waals surface area contributed by atoms with E-state index >= 15 is 4.39 Å². The lowest BCUT2D eigenvalue weighted by molar-refractivity contribution is -0.125. The number of nitrogens with zero attached hydrogens (tertiary/aromatic N) is 10. The Morgan fingerprint density at radius 3 is 1.43 bits per heavy atom. The first kappa shape index (κ1) is 63.4. The molecule has 2 atom stereocenters. The van der Waals surface area contributed by atoms with Crippen LogP contribution in [0.25, 0.3) is 21.5 Å². The van der Waals surface area contributed by atoms with Gasteiger partial charge in [-0.15, -0.1) is 0 Å². The van der Waals surface area contributed by atoms with Gasteiger partial charge in [0.25, 0.3) is 11.1 Å². The molecule has 0 unspecified atom stereocenters. The van der Waals surface area contributed by atoms with Crippen molar-refractivity contribution in [3.63, 3.8) is 0 Å².